The van der Waals surface area contributed by atoms with Crippen molar-refractivity contribution >= 4 is 21.6 Å². The zero-order chi connectivity index (χ0) is 23.6. The van der Waals surface area contributed by atoms with Crippen molar-refractivity contribution in [3.8, 4) is 11.5 Å². The molecule has 2 aromatic carbocycles. The smallest absolute Gasteiger partial charge is 0.248 e. The highest BCUT2D eigenvalue weighted by Gasteiger charge is 2.36. The molecule has 0 bridgehead atoms. The summed E-state index contributed by atoms with van der Waals surface area (Å²) in [5, 5.41) is 6.65. The molecule has 0 spiro atoms. The molecule has 1 saturated heterocycles. The summed E-state index contributed by atoms with van der Waals surface area (Å²) >= 11 is 0. The van der Waals surface area contributed by atoms with Crippen LogP contribution in [0.2, 0.25) is 0 Å². The van der Waals surface area contributed by atoms with Gasteiger partial charge in [0.25, 0.3) is 0 Å². The number of nitrogens with one attached hydrogen (secondary N) is 1. The third-order valence-electron chi connectivity index (χ3n) is 5.70. The molecule has 1 amide bonds. The number of carbonyl (C=O) groups excluding carboxylic acids is 1. The fraction of sp³-hybridized carbons (Fsp3) is 0.333. The molecule has 1 unspecified atom stereocenters. The topological polar surface area (TPSA) is 102 Å². The summed E-state index contributed by atoms with van der Waals surface area (Å²) in [7, 11) is -3.78. The van der Waals surface area contributed by atoms with E-state index >= 15 is 0 Å². The highest BCUT2D eigenvalue weighted by atomic mass is 32.2. The normalized spacial score (nSPS) is 17.0. The van der Waals surface area contributed by atoms with Crippen LogP contribution < -0.4 is 10.1 Å². The van der Waals surface area contributed by atoms with Crippen LogP contribution in [0.4, 0.5) is 5.69 Å². The molecular weight excluding hydrogens is 442 g/mol. The highest BCUT2D eigenvalue weighted by molar-refractivity contribution is 7.89. The molecule has 8 nitrogen and oxygen atoms in total. The van der Waals surface area contributed by atoms with E-state index < -0.39 is 15.9 Å². The summed E-state index contributed by atoms with van der Waals surface area (Å²) in [4.78, 5) is 13.0. The Hall–Kier alpha value is -3.17. The second kappa shape index (κ2) is 9.36. The van der Waals surface area contributed by atoms with Gasteiger partial charge in [0, 0.05) is 18.8 Å². The van der Waals surface area contributed by atoms with Gasteiger partial charge in [-0.25, -0.2) is 8.42 Å². The van der Waals surface area contributed by atoms with Crippen LogP contribution in [0.5, 0.6) is 11.5 Å². The molecule has 0 saturated carbocycles. The maximum absolute atomic E-state index is 13.1. The average molecular weight is 470 g/mol. The van der Waals surface area contributed by atoms with E-state index in [0.717, 1.165) is 11.3 Å². The molecule has 2 heterocycles. The van der Waals surface area contributed by atoms with Gasteiger partial charge in [-0.1, -0.05) is 22.9 Å². The minimum Gasteiger partial charge on any atom is -0.457 e. The summed E-state index contributed by atoms with van der Waals surface area (Å²) in [6.07, 6.45) is 1.22. The zero-order valence-corrected chi connectivity index (χ0v) is 19.7. The van der Waals surface area contributed by atoms with Crippen LogP contribution >= 0.6 is 0 Å². The molecule has 33 heavy (non-hydrogen) atoms. The number of rotatable bonds is 6. The van der Waals surface area contributed by atoms with E-state index in [1.54, 1.807) is 38.1 Å². The van der Waals surface area contributed by atoms with Crippen molar-refractivity contribution in [3.05, 3.63) is 65.5 Å². The van der Waals surface area contributed by atoms with E-state index in [2.05, 4.69) is 10.5 Å². The Morgan fingerprint density at radius 1 is 1.06 bits per heavy atom. The van der Waals surface area contributed by atoms with Gasteiger partial charge in [0.05, 0.1) is 5.92 Å². The van der Waals surface area contributed by atoms with Crippen molar-refractivity contribution in [3.63, 3.8) is 0 Å². The Kier molecular flexibility index (Phi) is 6.53. The summed E-state index contributed by atoms with van der Waals surface area (Å²) in [6.45, 7) is 5.67. The first-order chi connectivity index (χ1) is 15.7. The molecule has 1 aromatic heterocycles. The maximum Gasteiger partial charge on any atom is 0.248 e. The summed E-state index contributed by atoms with van der Waals surface area (Å²) in [6, 6.07) is 14.8. The van der Waals surface area contributed by atoms with Crippen LogP contribution in [0.1, 0.15) is 29.9 Å². The number of benzene rings is 2. The molecule has 0 radical (unpaired) electrons. The first kappa shape index (κ1) is 23.0. The van der Waals surface area contributed by atoms with Crippen molar-refractivity contribution < 1.29 is 22.5 Å². The molecule has 0 aliphatic carbocycles. The number of sulfonamides is 1. The summed E-state index contributed by atoms with van der Waals surface area (Å²) < 4.78 is 38.4. The number of hydrogen-bond donors (Lipinski definition) is 1. The summed E-state index contributed by atoms with van der Waals surface area (Å²) in [5.41, 5.74) is 2.11. The second-order valence-electron chi connectivity index (χ2n) is 8.28. The number of carbonyl (C=O) groups is 1. The van der Waals surface area contributed by atoms with E-state index in [9.17, 15) is 13.2 Å². The predicted octanol–water partition coefficient (Wildman–Crippen LogP) is 4.43. The van der Waals surface area contributed by atoms with Gasteiger partial charge in [0.2, 0.25) is 15.9 Å². The van der Waals surface area contributed by atoms with Crippen LogP contribution in [0.25, 0.3) is 0 Å². The maximum atomic E-state index is 13.1. The van der Waals surface area contributed by atoms with Crippen molar-refractivity contribution in [2.24, 2.45) is 5.92 Å². The third kappa shape index (κ3) is 5.09. The predicted molar refractivity (Wildman–Crippen MR) is 124 cm³/mol. The van der Waals surface area contributed by atoms with E-state index in [0.29, 0.717) is 36.5 Å². The van der Waals surface area contributed by atoms with E-state index in [-0.39, 0.29) is 23.1 Å². The lowest BCUT2D eigenvalue weighted by atomic mass is 9.99. The van der Waals surface area contributed by atoms with Crippen LogP contribution in [-0.4, -0.2) is 36.9 Å². The van der Waals surface area contributed by atoms with Crippen LogP contribution in [-0.2, 0) is 14.8 Å². The Morgan fingerprint density at radius 3 is 2.30 bits per heavy atom. The van der Waals surface area contributed by atoms with Gasteiger partial charge in [-0.15, -0.1) is 0 Å². The number of amides is 1. The fourth-order valence-corrected chi connectivity index (χ4v) is 5.75. The van der Waals surface area contributed by atoms with Gasteiger partial charge in [0.1, 0.15) is 22.1 Å². The standard InChI is InChI=1S/C24H27N3O5S/c1-16-6-10-21(11-7-16)31-22-12-8-20(9-13-22)25-24(28)19-5-4-14-27(15-19)33(29,30)23-17(2)26-32-18(23)3/h6-13,19H,4-5,14-15H2,1-3H3,(H,25,28). The molecule has 1 N–H and O–H groups in total. The van der Waals surface area contributed by atoms with Crippen LogP contribution in [0.3, 0.4) is 0 Å². The molecule has 9 heteroatoms. The van der Waals surface area contributed by atoms with Gasteiger partial charge in [-0.05, 0) is 70.0 Å². The van der Waals surface area contributed by atoms with E-state index in [1.165, 1.54) is 4.31 Å². The number of nitrogens with zero attached hydrogens (tertiary/aromatic N) is 2. The molecule has 3 aromatic rings. The largest absolute Gasteiger partial charge is 0.457 e. The molecule has 4 rings (SSSR count). The fourth-order valence-electron chi connectivity index (χ4n) is 3.94. The molecule has 1 fully saturated rings. The lowest BCUT2D eigenvalue weighted by Crippen LogP contribution is -2.43. The Labute approximate surface area is 193 Å². The first-order valence-corrected chi connectivity index (χ1v) is 12.3. The molecule has 1 aliphatic rings. The number of aryl methyl sites for hydroxylation is 3. The lowest BCUT2D eigenvalue weighted by molar-refractivity contribution is -0.120. The Morgan fingerprint density at radius 2 is 1.70 bits per heavy atom. The van der Waals surface area contributed by atoms with Crippen molar-refractivity contribution in [2.45, 2.75) is 38.5 Å². The second-order valence-corrected chi connectivity index (χ2v) is 10.2. The monoisotopic (exact) mass is 469 g/mol. The SMILES string of the molecule is Cc1ccc(Oc2ccc(NC(=O)C3CCCN(S(=O)(=O)c4c(C)noc4C)C3)cc2)cc1. The summed E-state index contributed by atoms with van der Waals surface area (Å²) in [5.74, 6) is 0.996. The minimum absolute atomic E-state index is 0.0905. The third-order valence-corrected chi connectivity index (χ3v) is 7.81. The number of anilines is 1. The van der Waals surface area contributed by atoms with Gasteiger partial charge < -0.3 is 14.6 Å². The molecular formula is C24H27N3O5S. The van der Waals surface area contributed by atoms with Crippen LogP contribution in [0, 0.1) is 26.7 Å². The van der Waals surface area contributed by atoms with Gasteiger partial charge in [-0.2, -0.15) is 4.31 Å². The Balaban J connectivity index is 1.39. The molecule has 174 valence electrons. The van der Waals surface area contributed by atoms with E-state index in [4.69, 9.17) is 9.26 Å². The van der Waals surface area contributed by atoms with Crippen LogP contribution in [0.15, 0.2) is 57.9 Å². The Bertz CT molecular complexity index is 1210. The first-order valence-electron chi connectivity index (χ1n) is 10.8. The number of aromatic nitrogens is 1. The van der Waals surface area contributed by atoms with Crippen molar-refractivity contribution in [1.82, 2.24) is 9.46 Å². The number of piperidine rings is 1. The average Bonchev–Trinajstić information content (AvgIpc) is 3.15. The van der Waals surface area contributed by atoms with E-state index in [1.807, 2.05) is 31.2 Å². The molecule has 1 atom stereocenters. The van der Waals surface area contributed by atoms with Gasteiger partial charge in [-0.3, -0.25) is 4.79 Å². The zero-order valence-electron chi connectivity index (χ0n) is 18.9. The quantitative estimate of drug-likeness (QED) is 0.573. The van der Waals surface area contributed by atoms with Crippen molar-refractivity contribution in [2.75, 3.05) is 18.4 Å². The van der Waals surface area contributed by atoms with Gasteiger partial charge in [0.15, 0.2) is 5.76 Å². The van der Waals surface area contributed by atoms with Gasteiger partial charge >= 0.3 is 0 Å². The highest BCUT2D eigenvalue weighted by Crippen LogP contribution is 2.29. The van der Waals surface area contributed by atoms with Crippen molar-refractivity contribution in [1.29, 1.82) is 0 Å². The number of ether oxygens (including phenoxy) is 1. The number of hydrogen-bond acceptors (Lipinski definition) is 6. The molecule has 1 aliphatic heterocycles. The minimum atomic E-state index is -3.78. The lowest BCUT2D eigenvalue weighted by Gasteiger charge is -2.31.